The van der Waals surface area contributed by atoms with Crippen molar-refractivity contribution in [2.24, 2.45) is 0 Å². The van der Waals surface area contributed by atoms with Gasteiger partial charge >= 0.3 is 12.1 Å². The van der Waals surface area contributed by atoms with Crippen molar-refractivity contribution in [1.29, 1.82) is 0 Å². The van der Waals surface area contributed by atoms with Crippen LogP contribution in [-0.4, -0.2) is 17.7 Å². The highest BCUT2D eigenvalue weighted by atomic mass is 16.8. The van der Waals surface area contributed by atoms with Crippen LogP contribution >= 0.6 is 0 Å². The molecule has 0 bridgehead atoms. The van der Waals surface area contributed by atoms with Gasteiger partial charge in [0.2, 0.25) is 5.60 Å². The van der Waals surface area contributed by atoms with Gasteiger partial charge in [-0.25, -0.2) is 9.59 Å². The van der Waals surface area contributed by atoms with Crippen LogP contribution in [0.2, 0.25) is 0 Å². The van der Waals surface area contributed by atoms with Crippen LogP contribution in [-0.2, 0) is 14.3 Å². The van der Waals surface area contributed by atoms with E-state index in [1.807, 2.05) is 6.92 Å². The normalized spacial score (nSPS) is 25.0. The summed E-state index contributed by atoms with van der Waals surface area (Å²) in [4.78, 5) is 22.0. The summed E-state index contributed by atoms with van der Waals surface area (Å²) in [7, 11) is 0. The molecule has 0 aromatic rings. The van der Waals surface area contributed by atoms with Crippen LogP contribution < -0.4 is 0 Å². The Morgan fingerprint density at radius 3 is 2.43 bits per heavy atom. The number of ether oxygens (including phenoxy) is 2. The molecule has 1 fully saturated rings. The zero-order valence-corrected chi connectivity index (χ0v) is 8.25. The third kappa shape index (κ3) is 1.87. The van der Waals surface area contributed by atoms with Crippen molar-refractivity contribution in [3.8, 4) is 11.8 Å². The Kier molecular flexibility index (Phi) is 3.13. The molecule has 76 valence electrons. The van der Waals surface area contributed by atoms with Crippen LogP contribution in [0.5, 0.6) is 0 Å². The van der Waals surface area contributed by atoms with Gasteiger partial charge in [0, 0.05) is 6.42 Å². The Morgan fingerprint density at radius 2 is 2.00 bits per heavy atom. The first-order chi connectivity index (χ1) is 6.64. The van der Waals surface area contributed by atoms with E-state index < -0.39 is 17.7 Å². The molecule has 0 aliphatic carbocycles. The van der Waals surface area contributed by atoms with Gasteiger partial charge in [0.05, 0.1) is 6.42 Å². The Hall–Kier alpha value is -1.50. The minimum absolute atomic E-state index is 0.210. The number of hydrogen-bond donors (Lipinski definition) is 0. The lowest BCUT2D eigenvalue weighted by Gasteiger charge is -2.17. The third-order valence-corrected chi connectivity index (χ3v) is 2.07. The van der Waals surface area contributed by atoms with Crippen molar-refractivity contribution in [3.63, 3.8) is 0 Å². The average molecular weight is 196 g/mol. The van der Waals surface area contributed by atoms with Crippen LogP contribution in [0.25, 0.3) is 0 Å². The topological polar surface area (TPSA) is 52.6 Å². The highest BCUT2D eigenvalue weighted by Gasteiger charge is 2.49. The molecule has 14 heavy (non-hydrogen) atoms. The summed E-state index contributed by atoms with van der Waals surface area (Å²) in [5, 5.41) is 0. The molecule has 0 aromatic heterocycles. The van der Waals surface area contributed by atoms with Gasteiger partial charge in [0.1, 0.15) is 0 Å². The standard InChI is InChI=1S/C10H12O4/c1-3-5-6-7-10(4-2)8(11)13-9(12)14-10/h3-4,7H2,1-2H3. The molecule has 1 atom stereocenters. The SMILES string of the molecule is CCC#CCC1(CC)OC(=O)OC1=O. The van der Waals surface area contributed by atoms with Crippen LogP contribution in [0.15, 0.2) is 0 Å². The lowest BCUT2D eigenvalue weighted by atomic mass is 9.97. The van der Waals surface area contributed by atoms with Crippen molar-refractivity contribution >= 4 is 12.1 Å². The van der Waals surface area contributed by atoms with Gasteiger partial charge in [-0.3, -0.25) is 0 Å². The van der Waals surface area contributed by atoms with E-state index in [9.17, 15) is 9.59 Å². The fourth-order valence-corrected chi connectivity index (χ4v) is 1.17. The van der Waals surface area contributed by atoms with Crippen LogP contribution in [0.4, 0.5) is 4.79 Å². The van der Waals surface area contributed by atoms with Crippen molar-refractivity contribution in [3.05, 3.63) is 0 Å². The molecule has 0 amide bonds. The van der Waals surface area contributed by atoms with E-state index >= 15 is 0 Å². The molecule has 0 spiro atoms. The van der Waals surface area contributed by atoms with E-state index in [4.69, 9.17) is 4.74 Å². The first kappa shape index (κ1) is 10.6. The van der Waals surface area contributed by atoms with Crippen molar-refractivity contribution in [2.45, 2.75) is 38.7 Å². The number of cyclic esters (lactones) is 3. The van der Waals surface area contributed by atoms with Crippen molar-refractivity contribution in [1.82, 2.24) is 0 Å². The Labute approximate surface area is 82.6 Å². The number of hydrogen-bond acceptors (Lipinski definition) is 4. The summed E-state index contributed by atoms with van der Waals surface area (Å²) in [6.45, 7) is 3.66. The van der Waals surface area contributed by atoms with E-state index in [-0.39, 0.29) is 6.42 Å². The van der Waals surface area contributed by atoms with E-state index in [0.717, 1.165) is 0 Å². The molecule has 1 aliphatic rings. The van der Waals surface area contributed by atoms with Gasteiger partial charge in [-0.05, 0) is 6.42 Å². The summed E-state index contributed by atoms with van der Waals surface area (Å²) in [5.41, 5.74) is -1.17. The maximum atomic E-state index is 11.3. The molecule has 4 nitrogen and oxygen atoms in total. The minimum Gasteiger partial charge on any atom is -0.414 e. The molecule has 1 heterocycles. The highest BCUT2D eigenvalue weighted by molar-refractivity contribution is 5.94. The zero-order chi connectivity index (χ0) is 10.6. The third-order valence-electron chi connectivity index (χ3n) is 2.07. The molecule has 0 radical (unpaired) electrons. The monoisotopic (exact) mass is 196 g/mol. The minimum atomic E-state index is -1.17. The number of rotatable bonds is 2. The molecular formula is C10H12O4. The Balaban J connectivity index is 2.76. The second kappa shape index (κ2) is 4.14. The lowest BCUT2D eigenvalue weighted by Crippen LogP contribution is -2.35. The van der Waals surface area contributed by atoms with E-state index in [1.165, 1.54) is 0 Å². The van der Waals surface area contributed by atoms with Crippen LogP contribution in [0, 0.1) is 11.8 Å². The Bertz CT molecular complexity index is 310. The predicted molar refractivity (Wildman–Crippen MR) is 48.3 cm³/mol. The molecular weight excluding hydrogens is 184 g/mol. The molecule has 1 unspecified atom stereocenters. The summed E-state index contributed by atoms with van der Waals surface area (Å²) >= 11 is 0. The quantitative estimate of drug-likeness (QED) is 0.382. The molecule has 1 aliphatic heterocycles. The maximum absolute atomic E-state index is 11.3. The first-order valence-electron chi connectivity index (χ1n) is 4.55. The molecule has 1 rings (SSSR count). The maximum Gasteiger partial charge on any atom is 0.517 e. The predicted octanol–water partition coefficient (Wildman–Crippen LogP) is 1.63. The second-order valence-electron chi connectivity index (χ2n) is 2.97. The van der Waals surface area contributed by atoms with Crippen LogP contribution in [0.3, 0.4) is 0 Å². The van der Waals surface area contributed by atoms with Gasteiger partial charge in [-0.2, -0.15) is 0 Å². The van der Waals surface area contributed by atoms with E-state index in [1.54, 1.807) is 6.92 Å². The van der Waals surface area contributed by atoms with E-state index in [2.05, 4.69) is 16.6 Å². The fraction of sp³-hybridized carbons (Fsp3) is 0.600. The first-order valence-corrected chi connectivity index (χ1v) is 4.55. The van der Waals surface area contributed by atoms with Gasteiger partial charge in [-0.15, -0.1) is 5.92 Å². The molecule has 0 aromatic carbocycles. The Morgan fingerprint density at radius 1 is 1.29 bits per heavy atom. The van der Waals surface area contributed by atoms with Gasteiger partial charge in [0.15, 0.2) is 0 Å². The van der Waals surface area contributed by atoms with Gasteiger partial charge in [0.25, 0.3) is 0 Å². The van der Waals surface area contributed by atoms with Crippen molar-refractivity contribution in [2.75, 3.05) is 0 Å². The number of carbonyl (C=O) groups is 2. The van der Waals surface area contributed by atoms with Gasteiger partial charge in [-0.1, -0.05) is 19.8 Å². The summed E-state index contributed by atoms with van der Waals surface area (Å²) < 4.78 is 9.17. The molecule has 1 saturated heterocycles. The average Bonchev–Trinajstić information content (AvgIpc) is 2.43. The molecule has 0 N–H and O–H groups in total. The second-order valence-corrected chi connectivity index (χ2v) is 2.97. The van der Waals surface area contributed by atoms with Crippen molar-refractivity contribution < 1.29 is 19.1 Å². The lowest BCUT2D eigenvalue weighted by molar-refractivity contribution is -0.143. The number of carbonyl (C=O) groups excluding carboxylic acids is 2. The number of esters is 1. The summed E-state index contributed by atoms with van der Waals surface area (Å²) in [6, 6.07) is 0. The van der Waals surface area contributed by atoms with E-state index in [0.29, 0.717) is 12.8 Å². The van der Waals surface area contributed by atoms with Gasteiger partial charge < -0.3 is 9.47 Å². The fourth-order valence-electron chi connectivity index (χ4n) is 1.17. The smallest absolute Gasteiger partial charge is 0.414 e. The largest absolute Gasteiger partial charge is 0.517 e. The molecule has 4 heteroatoms. The summed E-state index contributed by atoms with van der Waals surface area (Å²) in [5.74, 6) is 4.98. The van der Waals surface area contributed by atoms with Crippen LogP contribution in [0.1, 0.15) is 33.1 Å². The zero-order valence-electron chi connectivity index (χ0n) is 8.25. The highest BCUT2D eigenvalue weighted by Crippen LogP contribution is 2.28. The molecule has 0 saturated carbocycles. The summed E-state index contributed by atoms with van der Waals surface area (Å²) in [6.07, 6.45) is 0.385.